The molecule has 1 aliphatic carbocycles. The Kier molecular flexibility index (Phi) is 8.48. The van der Waals surface area contributed by atoms with E-state index in [9.17, 15) is 0 Å². The van der Waals surface area contributed by atoms with Gasteiger partial charge in [0.1, 0.15) is 5.82 Å². The third-order valence-corrected chi connectivity index (χ3v) is 6.44. The second-order valence-electron chi connectivity index (χ2n) is 8.69. The number of nitrogens with two attached hydrogens (primary N) is 1. The van der Waals surface area contributed by atoms with E-state index in [1.807, 2.05) is 20.0 Å². The predicted molar refractivity (Wildman–Crippen MR) is 145 cm³/mol. The Morgan fingerprint density at radius 2 is 1.94 bits per heavy atom. The molecular weight excluding hydrogens is 402 g/mol. The van der Waals surface area contributed by atoms with E-state index in [1.54, 1.807) is 6.08 Å². The highest BCUT2D eigenvalue weighted by Crippen LogP contribution is 2.31. The molecule has 1 heterocycles. The van der Waals surface area contributed by atoms with E-state index in [0.29, 0.717) is 11.6 Å². The summed E-state index contributed by atoms with van der Waals surface area (Å²) in [5.41, 5.74) is 12.7. The van der Waals surface area contributed by atoms with Crippen LogP contribution in [0.1, 0.15) is 58.4 Å². The molecule has 1 aromatic heterocycles. The average Bonchev–Trinajstić information content (AvgIpc) is 2.84. The molecule has 0 amide bonds. The molecule has 0 saturated heterocycles. The summed E-state index contributed by atoms with van der Waals surface area (Å²) >= 11 is 0. The zero-order chi connectivity index (χ0) is 23.8. The zero-order valence-electron chi connectivity index (χ0n) is 20.3. The van der Waals surface area contributed by atoms with Gasteiger partial charge in [0.15, 0.2) is 0 Å². The topological polar surface area (TPSA) is 50.9 Å². The highest BCUT2D eigenvalue weighted by molar-refractivity contribution is 5.90. The number of benzene rings is 1. The second-order valence-corrected chi connectivity index (χ2v) is 8.69. The number of hydrogen-bond acceptors (Lipinski definition) is 3. The molecule has 1 fully saturated rings. The summed E-state index contributed by atoms with van der Waals surface area (Å²) in [6.45, 7) is 14.0. The highest BCUT2D eigenvalue weighted by Gasteiger charge is 2.14. The van der Waals surface area contributed by atoms with E-state index in [2.05, 4.69) is 79.0 Å². The van der Waals surface area contributed by atoms with E-state index >= 15 is 0 Å². The number of allylic oxidation sites excluding steroid dienone is 8. The van der Waals surface area contributed by atoms with Gasteiger partial charge in [-0.3, -0.25) is 0 Å². The minimum atomic E-state index is 0.660. The molecule has 1 aromatic carbocycles. The Labute approximate surface area is 199 Å². The molecule has 0 atom stereocenters. The zero-order valence-corrected chi connectivity index (χ0v) is 20.3. The summed E-state index contributed by atoms with van der Waals surface area (Å²) < 4.78 is 0. The quantitative estimate of drug-likeness (QED) is 0.323. The molecule has 0 unspecified atom stereocenters. The fourth-order valence-corrected chi connectivity index (χ4v) is 4.41. The van der Waals surface area contributed by atoms with Crippen molar-refractivity contribution in [1.82, 2.24) is 4.98 Å². The number of nitrogens with one attached hydrogen (secondary N) is 1. The van der Waals surface area contributed by atoms with Crippen LogP contribution >= 0.6 is 0 Å². The lowest BCUT2D eigenvalue weighted by molar-refractivity contribution is 0.488. The van der Waals surface area contributed by atoms with Crippen molar-refractivity contribution >= 4 is 22.2 Å². The number of fused-ring (bicyclic) bond motifs is 1. The molecule has 0 bridgehead atoms. The van der Waals surface area contributed by atoms with Crippen LogP contribution in [0.4, 0.5) is 5.82 Å². The lowest BCUT2D eigenvalue weighted by Gasteiger charge is -2.21. The standard InChI is InChI=1S/C30H37N3/c1-6-10-27(17-23-13-11-22(7-2)12-14-23)33-30-19-26-18-24(15-16-25(26)20-32-30)28(8-3)21(5)29(31)9-4/h7-10,15-20,22H,2,4,6,11-14,31H2,1,3,5H3,(H,32,33)/b23-17?,27-10+,28-8+,29-21+. The summed E-state index contributed by atoms with van der Waals surface area (Å²) in [5, 5.41) is 5.81. The number of nitrogens with zero attached hydrogens (tertiary/aromatic N) is 1. The molecule has 0 aliphatic heterocycles. The molecular formula is C30H37N3. The molecule has 33 heavy (non-hydrogen) atoms. The first-order chi connectivity index (χ1) is 16.0. The lowest BCUT2D eigenvalue weighted by Crippen LogP contribution is -2.07. The minimum absolute atomic E-state index is 0.660. The third-order valence-electron chi connectivity index (χ3n) is 6.44. The fourth-order valence-electron chi connectivity index (χ4n) is 4.41. The Bertz CT molecular complexity index is 1130. The first-order valence-electron chi connectivity index (χ1n) is 11.9. The normalized spacial score (nSPS) is 18.0. The minimum Gasteiger partial charge on any atom is -0.399 e. The van der Waals surface area contributed by atoms with Crippen LogP contribution in [0.2, 0.25) is 0 Å². The SMILES string of the molecule is C=C/C(N)=C(C)\C(=C/C)c1ccc2cnc(N/C(C=C3CCC(C=C)CC3)=C/CC)cc2c1. The van der Waals surface area contributed by atoms with E-state index in [1.165, 1.54) is 18.4 Å². The van der Waals surface area contributed by atoms with Crippen molar-refractivity contribution in [3.05, 3.63) is 102 Å². The van der Waals surface area contributed by atoms with Gasteiger partial charge in [-0.05, 0) is 98.3 Å². The smallest absolute Gasteiger partial charge is 0.130 e. The number of rotatable bonds is 8. The van der Waals surface area contributed by atoms with Crippen molar-refractivity contribution in [1.29, 1.82) is 0 Å². The molecule has 3 rings (SSSR count). The van der Waals surface area contributed by atoms with Crippen LogP contribution in [0.25, 0.3) is 16.3 Å². The van der Waals surface area contributed by atoms with Gasteiger partial charge in [0.25, 0.3) is 0 Å². The van der Waals surface area contributed by atoms with Gasteiger partial charge in [0, 0.05) is 23.0 Å². The molecule has 0 spiro atoms. The number of hydrogen-bond donors (Lipinski definition) is 2. The summed E-state index contributed by atoms with van der Waals surface area (Å²) in [5.74, 6) is 1.52. The fraction of sp³-hybridized carbons (Fsp3) is 0.300. The van der Waals surface area contributed by atoms with Gasteiger partial charge in [-0.1, -0.05) is 49.4 Å². The van der Waals surface area contributed by atoms with Crippen LogP contribution in [-0.4, -0.2) is 4.98 Å². The van der Waals surface area contributed by atoms with Crippen molar-refractivity contribution in [3.8, 4) is 0 Å². The van der Waals surface area contributed by atoms with Gasteiger partial charge in [0.2, 0.25) is 0 Å². The first-order valence-corrected chi connectivity index (χ1v) is 11.9. The second kappa shape index (κ2) is 11.5. The van der Waals surface area contributed by atoms with Gasteiger partial charge in [-0.15, -0.1) is 6.58 Å². The van der Waals surface area contributed by atoms with Crippen molar-refractivity contribution in [2.45, 2.75) is 52.9 Å². The van der Waals surface area contributed by atoms with Crippen molar-refractivity contribution in [3.63, 3.8) is 0 Å². The maximum Gasteiger partial charge on any atom is 0.130 e. The number of aromatic nitrogens is 1. The van der Waals surface area contributed by atoms with Gasteiger partial charge >= 0.3 is 0 Å². The monoisotopic (exact) mass is 439 g/mol. The first kappa shape index (κ1) is 24.3. The molecule has 3 N–H and O–H groups in total. The molecule has 2 aromatic rings. The largest absolute Gasteiger partial charge is 0.399 e. The maximum absolute atomic E-state index is 6.13. The van der Waals surface area contributed by atoms with Crippen LogP contribution in [0, 0.1) is 5.92 Å². The molecule has 3 nitrogen and oxygen atoms in total. The number of pyridine rings is 1. The Morgan fingerprint density at radius 1 is 1.18 bits per heavy atom. The highest BCUT2D eigenvalue weighted by atomic mass is 15.0. The van der Waals surface area contributed by atoms with Crippen LogP contribution in [0.3, 0.4) is 0 Å². The summed E-state index contributed by atoms with van der Waals surface area (Å²) in [7, 11) is 0. The van der Waals surface area contributed by atoms with E-state index in [-0.39, 0.29) is 0 Å². The van der Waals surface area contributed by atoms with Crippen LogP contribution in [0.5, 0.6) is 0 Å². The van der Waals surface area contributed by atoms with Crippen molar-refractivity contribution < 1.29 is 0 Å². The molecule has 0 radical (unpaired) electrons. The van der Waals surface area contributed by atoms with E-state index < -0.39 is 0 Å². The average molecular weight is 440 g/mol. The summed E-state index contributed by atoms with van der Waals surface area (Å²) in [6.07, 6.45) is 18.0. The molecule has 1 saturated carbocycles. The van der Waals surface area contributed by atoms with Crippen LogP contribution in [0.15, 0.2) is 96.5 Å². The molecule has 172 valence electrons. The Morgan fingerprint density at radius 3 is 2.58 bits per heavy atom. The van der Waals surface area contributed by atoms with Crippen LogP contribution < -0.4 is 11.1 Å². The molecule has 3 heteroatoms. The van der Waals surface area contributed by atoms with E-state index in [0.717, 1.165) is 58.3 Å². The predicted octanol–water partition coefficient (Wildman–Crippen LogP) is 8.07. The maximum atomic E-state index is 6.13. The molecule has 1 aliphatic rings. The Hall–Kier alpha value is -3.33. The summed E-state index contributed by atoms with van der Waals surface area (Å²) in [4.78, 5) is 4.67. The lowest BCUT2D eigenvalue weighted by atomic mass is 9.85. The van der Waals surface area contributed by atoms with Crippen molar-refractivity contribution in [2.24, 2.45) is 11.7 Å². The van der Waals surface area contributed by atoms with Gasteiger partial charge in [-0.25, -0.2) is 4.98 Å². The van der Waals surface area contributed by atoms with Crippen LogP contribution in [-0.2, 0) is 0 Å². The Balaban J connectivity index is 1.88. The summed E-state index contributed by atoms with van der Waals surface area (Å²) in [6, 6.07) is 8.57. The van der Waals surface area contributed by atoms with Gasteiger partial charge in [0.05, 0.1) is 0 Å². The van der Waals surface area contributed by atoms with Gasteiger partial charge in [-0.2, -0.15) is 0 Å². The van der Waals surface area contributed by atoms with Crippen molar-refractivity contribution in [2.75, 3.05) is 5.32 Å². The van der Waals surface area contributed by atoms with E-state index in [4.69, 9.17) is 5.73 Å². The van der Waals surface area contributed by atoms with Gasteiger partial charge < -0.3 is 11.1 Å². The third kappa shape index (κ3) is 6.13. The number of anilines is 1.